The third-order valence-corrected chi connectivity index (χ3v) is 4.16. The first-order chi connectivity index (χ1) is 14.5. The van der Waals surface area contributed by atoms with Crippen molar-refractivity contribution in [3.63, 3.8) is 0 Å². The molecule has 0 saturated carbocycles. The van der Waals surface area contributed by atoms with Gasteiger partial charge in [-0.05, 0) is 44.4 Å². The van der Waals surface area contributed by atoms with E-state index in [0.717, 1.165) is 5.56 Å². The highest BCUT2D eigenvalue weighted by Gasteiger charge is 2.30. The highest BCUT2D eigenvalue weighted by molar-refractivity contribution is 5.90. The highest BCUT2D eigenvalue weighted by atomic mass is 16.6. The molecule has 0 spiro atoms. The molecule has 8 heteroatoms. The van der Waals surface area contributed by atoms with Crippen molar-refractivity contribution < 1.29 is 28.6 Å². The van der Waals surface area contributed by atoms with Gasteiger partial charge in [-0.3, -0.25) is 4.79 Å². The monoisotopic (exact) mass is 434 g/mol. The van der Waals surface area contributed by atoms with Gasteiger partial charge in [-0.15, -0.1) is 0 Å². The van der Waals surface area contributed by atoms with Crippen molar-refractivity contribution in [2.45, 2.75) is 58.7 Å². The lowest BCUT2D eigenvalue weighted by molar-refractivity contribution is -0.146. The van der Waals surface area contributed by atoms with Crippen LogP contribution in [0.3, 0.4) is 0 Å². The minimum absolute atomic E-state index is 0.193. The second kappa shape index (κ2) is 12.0. The molecule has 0 bridgehead atoms. The van der Waals surface area contributed by atoms with E-state index in [1.165, 1.54) is 7.11 Å². The number of benzene rings is 1. The Labute approximate surface area is 184 Å². The first kappa shape index (κ1) is 26.0. The molecule has 172 valence electrons. The topological polar surface area (TPSA) is 103 Å². The van der Waals surface area contributed by atoms with Gasteiger partial charge in [0.1, 0.15) is 30.0 Å². The zero-order chi connectivity index (χ0) is 23.6. The molecule has 2 amide bonds. The minimum atomic E-state index is -0.958. The van der Waals surface area contributed by atoms with Gasteiger partial charge < -0.3 is 24.8 Å². The summed E-state index contributed by atoms with van der Waals surface area (Å²) >= 11 is 0. The molecule has 0 fully saturated rings. The van der Waals surface area contributed by atoms with Gasteiger partial charge >= 0.3 is 12.1 Å². The van der Waals surface area contributed by atoms with Crippen molar-refractivity contribution in [2.24, 2.45) is 5.92 Å². The Morgan fingerprint density at radius 3 is 2.19 bits per heavy atom. The summed E-state index contributed by atoms with van der Waals surface area (Å²) in [4.78, 5) is 37.3. The van der Waals surface area contributed by atoms with Gasteiger partial charge in [0.15, 0.2) is 0 Å². The third kappa shape index (κ3) is 9.55. The van der Waals surface area contributed by atoms with Gasteiger partial charge in [-0.25, -0.2) is 9.59 Å². The van der Waals surface area contributed by atoms with Crippen LogP contribution in [0, 0.1) is 5.92 Å². The molecule has 0 heterocycles. The largest absolute Gasteiger partial charge is 0.490 e. The van der Waals surface area contributed by atoms with Crippen LogP contribution in [0.5, 0.6) is 5.75 Å². The molecule has 1 aromatic rings. The smallest absolute Gasteiger partial charge is 0.408 e. The van der Waals surface area contributed by atoms with Crippen LogP contribution in [-0.4, -0.2) is 49.4 Å². The van der Waals surface area contributed by atoms with Crippen molar-refractivity contribution in [1.82, 2.24) is 10.6 Å². The Morgan fingerprint density at radius 1 is 1.10 bits per heavy atom. The van der Waals surface area contributed by atoms with Crippen molar-refractivity contribution in [3.05, 3.63) is 42.5 Å². The molecule has 31 heavy (non-hydrogen) atoms. The Kier molecular flexibility index (Phi) is 10.0. The zero-order valence-corrected chi connectivity index (χ0v) is 19.2. The summed E-state index contributed by atoms with van der Waals surface area (Å²) in [5.74, 6) is -0.597. The van der Waals surface area contributed by atoms with Gasteiger partial charge in [0.05, 0.1) is 7.11 Å². The van der Waals surface area contributed by atoms with E-state index in [1.807, 2.05) is 0 Å². The molecule has 0 aliphatic rings. The quantitative estimate of drug-likeness (QED) is 0.433. The molecule has 8 nitrogen and oxygen atoms in total. The molecule has 1 aromatic carbocycles. The Morgan fingerprint density at radius 2 is 1.71 bits per heavy atom. The second-order valence-electron chi connectivity index (χ2n) is 8.40. The van der Waals surface area contributed by atoms with Gasteiger partial charge in [-0.1, -0.05) is 38.6 Å². The van der Waals surface area contributed by atoms with Gasteiger partial charge in [-0.2, -0.15) is 0 Å². The van der Waals surface area contributed by atoms with Crippen molar-refractivity contribution in [1.29, 1.82) is 0 Å². The molecule has 0 unspecified atom stereocenters. The van der Waals surface area contributed by atoms with E-state index >= 15 is 0 Å². The summed E-state index contributed by atoms with van der Waals surface area (Å²) < 4.78 is 15.5. The first-order valence-corrected chi connectivity index (χ1v) is 10.2. The van der Waals surface area contributed by atoms with E-state index in [-0.39, 0.29) is 12.3 Å². The Hall–Kier alpha value is -3.03. The van der Waals surface area contributed by atoms with E-state index in [4.69, 9.17) is 14.2 Å². The molecule has 1 rings (SSSR count). The maximum atomic E-state index is 13.0. The maximum Gasteiger partial charge on any atom is 0.408 e. The molecule has 0 aromatic heterocycles. The summed E-state index contributed by atoms with van der Waals surface area (Å²) in [6.45, 7) is 12.8. The van der Waals surface area contributed by atoms with Crippen LogP contribution in [0.1, 0.15) is 40.2 Å². The highest BCUT2D eigenvalue weighted by Crippen LogP contribution is 2.15. The normalized spacial score (nSPS) is 13.0. The van der Waals surface area contributed by atoms with Crippen LogP contribution in [0.2, 0.25) is 0 Å². The number of amides is 2. The van der Waals surface area contributed by atoms with Crippen LogP contribution in [0.15, 0.2) is 36.9 Å². The number of methoxy groups -OCH3 is 1. The molecule has 0 saturated heterocycles. The van der Waals surface area contributed by atoms with Crippen LogP contribution < -0.4 is 15.4 Å². The number of hydrogen-bond donors (Lipinski definition) is 2. The number of rotatable bonds is 10. The van der Waals surface area contributed by atoms with Crippen molar-refractivity contribution in [2.75, 3.05) is 13.7 Å². The fraction of sp³-hybridized carbons (Fsp3) is 0.522. The lowest BCUT2D eigenvalue weighted by Gasteiger charge is -2.26. The number of carbonyl (C=O) groups excluding carboxylic acids is 3. The lowest BCUT2D eigenvalue weighted by atomic mass is 10.0. The molecule has 0 radical (unpaired) electrons. The summed E-state index contributed by atoms with van der Waals surface area (Å²) in [7, 11) is 1.26. The summed E-state index contributed by atoms with van der Waals surface area (Å²) in [6, 6.07) is 5.35. The van der Waals surface area contributed by atoms with E-state index in [9.17, 15) is 14.4 Å². The molecule has 0 aliphatic heterocycles. The number of nitrogens with one attached hydrogen (secondary N) is 2. The van der Waals surface area contributed by atoms with Gasteiger partial charge in [0.25, 0.3) is 0 Å². The Bertz CT molecular complexity index is 752. The number of alkyl carbamates (subject to hydrolysis) is 1. The molecule has 2 atom stereocenters. The summed E-state index contributed by atoms with van der Waals surface area (Å²) in [5.41, 5.74) is 0.0724. The van der Waals surface area contributed by atoms with Crippen LogP contribution in [0.4, 0.5) is 4.79 Å². The van der Waals surface area contributed by atoms with Crippen LogP contribution in [0.25, 0.3) is 0 Å². The SMILES string of the molecule is C=CCOc1ccc(C[C@H](NC(=O)OC(C)(C)C)C(=O)N[C@H](C(=O)OC)C(C)C)cc1. The number of carbonyl (C=O) groups is 3. The number of esters is 1. The number of hydrogen-bond acceptors (Lipinski definition) is 6. The maximum absolute atomic E-state index is 13.0. The summed E-state index contributed by atoms with van der Waals surface area (Å²) in [5, 5.41) is 5.28. The predicted octanol–water partition coefficient (Wildman–Crippen LogP) is 3.00. The third-order valence-electron chi connectivity index (χ3n) is 4.16. The van der Waals surface area contributed by atoms with Crippen molar-refractivity contribution >= 4 is 18.0 Å². The summed E-state index contributed by atoms with van der Waals surface area (Å²) in [6.07, 6.45) is 1.11. The van der Waals surface area contributed by atoms with E-state index in [2.05, 4.69) is 17.2 Å². The van der Waals surface area contributed by atoms with Crippen molar-refractivity contribution in [3.8, 4) is 5.75 Å². The molecular formula is C23H34N2O6. The average Bonchev–Trinajstić information content (AvgIpc) is 2.68. The standard InChI is InChI=1S/C23H34N2O6/c1-8-13-30-17-11-9-16(10-12-17)14-18(24-22(28)31-23(4,5)6)20(26)25-19(15(2)3)21(27)29-7/h8-12,15,18-19H,1,13-14H2,2-7H3,(H,24,28)(H,25,26)/t18-,19-/m0/s1. The fourth-order valence-electron chi connectivity index (χ4n) is 2.65. The lowest BCUT2D eigenvalue weighted by Crippen LogP contribution is -2.54. The molecule has 2 N–H and O–H groups in total. The van der Waals surface area contributed by atoms with E-state index in [0.29, 0.717) is 12.4 Å². The average molecular weight is 435 g/mol. The first-order valence-electron chi connectivity index (χ1n) is 10.2. The Balaban J connectivity index is 3.01. The van der Waals surface area contributed by atoms with E-state index in [1.54, 1.807) is 65.0 Å². The van der Waals surface area contributed by atoms with Gasteiger partial charge in [0.2, 0.25) is 5.91 Å². The molecule has 0 aliphatic carbocycles. The minimum Gasteiger partial charge on any atom is -0.490 e. The number of ether oxygens (including phenoxy) is 3. The molecular weight excluding hydrogens is 400 g/mol. The zero-order valence-electron chi connectivity index (χ0n) is 19.2. The van der Waals surface area contributed by atoms with E-state index < -0.39 is 35.7 Å². The second-order valence-corrected chi connectivity index (χ2v) is 8.40. The fourth-order valence-corrected chi connectivity index (χ4v) is 2.65. The predicted molar refractivity (Wildman–Crippen MR) is 118 cm³/mol. The van der Waals surface area contributed by atoms with Crippen LogP contribution in [-0.2, 0) is 25.5 Å². The van der Waals surface area contributed by atoms with Crippen LogP contribution >= 0.6 is 0 Å². The van der Waals surface area contributed by atoms with Gasteiger partial charge in [0, 0.05) is 6.42 Å².